The third-order valence-electron chi connectivity index (χ3n) is 3.73. The SMILES string of the molecule is CC(=S)NC[C@H]1CN(c2ccc3c(c2)COCC3)C(=O)O1. The first-order valence-electron chi connectivity index (χ1n) is 7.05. The molecule has 0 spiro atoms. The predicted octanol–water partition coefficient (Wildman–Crippen LogP) is 2.02. The minimum Gasteiger partial charge on any atom is -0.442 e. The van der Waals surface area contributed by atoms with Crippen LogP contribution in [0.25, 0.3) is 0 Å². The number of hydrogen-bond donors (Lipinski definition) is 1. The highest BCUT2D eigenvalue weighted by Gasteiger charge is 2.32. The minimum atomic E-state index is -0.305. The van der Waals surface area contributed by atoms with E-state index in [1.54, 1.807) is 4.90 Å². The van der Waals surface area contributed by atoms with Crippen molar-refractivity contribution in [2.75, 3.05) is 24.6 Å². The third-order valence-corrected chi connectivity index (χ3v) is 3.87. The summed E-state index contributed by atoms with van der Waals surface area (Å²) in [7, 11) is 0. The molecule has 0 unspecified atom stereocenters. The smallest absolute Gasteiger partial charge is 0.414 e. The van der Waals surface area contributed by atoms with Crippen LogP contribution < -0.4 is 10.2 Å². The summed E-state index contributed by atoms with van der Waals surface area (Å²) in [5.74, 6) is 0. The summed E-state index contributed by atoms with van der Waals surface area (Å²) in [4.78, 5) is 14.4. The van der Waals surface area contributed by atoms with Crippen LogP contribution in [0.2, 0.25) is 0 Å². The average Bonchev–Trinajstić information content (AvgIpc) is 2.86. The number of anilines is 1. The summed E-state index contributed by atoms with van der Waals surface area (Å²) in [5, 5.41) is 3.04. The first-order valence-corrected chi connectivity index (χ1v) is 7.46. The zero-order valence-corrected chi connectivity index (χ0v) is 12.7. The second-order valence-corrected chi connectivity index (χ2v) is 5.92. The number of thiocarbonyl (C=S) groups is 1. The van der Waals surface area contributed by atoms with E-state index in [1.165, 1.54) is 5.56 Å². The quantitative estimate of drug-likeness (QED) is 0.866. The van der Waals surface area contributed by atoms with Crippen LogP contribution in [0.15, 0.2) is 18.2 Å². The van der Waals surface area contributed by atoms with Crippen LogP contribution in [0.3, 0.4) is 0 Å². The van der Waals surface area contributed by atoms with E-state index in [0.717, 1.165) is 24.3 Å². The molecular formula is C15H18N2O3S. The first kappa shape index (κ1) is 14.3. The van der Waals surface area contributed by atoms with Crippen molar-refractivity contribution in [1.82, 2.24) is 5.32 Å². The van der Waals surface area contributed by atoms with Crippen LogP contribution in [0.1, 0.15) is 18.1 Å². The number of benzene rings is 1. The maximum absolute atomic E-state index is 12.0. The van der Waals surface area contributed by atoms with E-state index < -0.39 is 0 Å². The van der Waals surface area contributed by atoms with Crippen molar-refractivity contribution >= 4 is 29.0 Å². The van der Waals surface area contributed by atoms with Crippen molar-refractivity contribution in [3.8, 4) is 0 Å². The predicted molar refractivity (Wildman–Crippen MR) is 83.7 cm³/mol. The first-order chi connectivity index (χ1) is 10.1. The molecule has 6 heteroatoms. The Hall–Kier alpha value is -1.66. The third kappa shape index (κ3) is 3.16. The van der Waals surface area contributed by atoms with Crippen LogP contribution >= 0.6 is 12.2 Å². The van der Waals surface area contributed by atoms with Gasteiger partial charge in [-0.1, -0.05) is 18.3 Å². The van der Waals surface area contributed by atoms with Crippen LogP contribution in [0.5, 0.6) is 0 Å². The molecule has 1 aromatic carbocycles. The standard InChI is InChI=1S/C15H18N2O3S/c1-10(21)16-7-14-8-17(15(18)20-14)13-3-2-11-4-5-19-9-12(11)6-13/h2-3,6,14H,4-5,7-9H2,1H3,(H,16,21)/t14-/m0/s1. The van der Waals surface area contributed by atoms with Gasteiger partial charge in [0.15, 0.2) is 0 Å². The van der Waals surface area contributed by atoms with Crippen molar-refractivity contribution in [3.05, 3.63) is 29.3 Å². The van der Waals surface area contributed by atoms with Crippen molar-refractivity contribution in [2.45, 2.75) is 26.1 Å². The minimum absolute atomic E-state index is 0.178. The zero-order valence-electron chi connectivity index (χ0n) is 11.9. The molecule has 2 aliphatic heterocycles. The fourth-order valence-corrected chi connectivity index (χ4v) is 2.70. The number of carbonyl (C=O) groups excluding carboxylic acids is 1. The van der Waals surface area contributed by atoms with Crippen LogP contribution in [0, 0.1) is 0 Å². The zero-order chi connectivity index (χ0) is 14.8. The molecule has 2 heterocycles. The number of nitrogens with zero attached hydrogens (tertiary/aromatic N) is 1. The molecule has 1 fully saturated rings. The van der Waals surface area contributed by atoms with E-state index in [2.05, 4.69) is 11.4 Å². The maximum atomic E-state index is 12.0. The fourth-order valence-electron chi connectivity index (χ4n) is 2.62. The van der Waals surface area contributed by atoms with Gasteiger partial charge in [0, 0.05) is 5.69 Å². The lowest BCUT2D eigenvalue weighted by molar-refractivity contribution is 0.111. The molecule has 0 radical (unpaired) electrons. The summed E-state index contributed by atoms with van der Waals surface area (Å²) < 4.78 is 10.8. The van der Waals surface area contributed by atoms with Gasteiger partial charge in [-0.2, -0.15) is 0 Å². The second-order valence-electron chi connectivity index (χ2n) is 5.31. The van der Waals surface area contributed by atoms with Crippen molar-refractivity contribution < 1.29 is 14.3 Å². The topological polar surface area (TPSA) is 50.8 Å². The number of cyclic esters (lactones) is 1. The van der Waals surface area contributed by atoms with Crippen molar-refractivity contribution in [3.63, 3.8) is 0 Å². The summed E-state index contributed by atoms with van der Waals surface area (Å²) >= 11 is 4.97. The average molecular weight is 306 g/mol. The van der Waals surface area contributed by atoms with Gasteiger partial charge in [-0.05, 0) is 36.6 Å². The summed E-state index contributed by atoms with van der Waals surface area (Å²) in [5.41, 5.74) is 3.32. The maximum Gasteiger partial charge on any atom is 0.414 e. The van der Waals surface area contributed by atoms with E-state index in [0.29, 0.717) is 24.7 Å². The van der Waals surface area contributed by atoms with Gasteiger partial charge in [0.1, 0.15) is 6.10 Å². The Balaban J connectivity index is 1.72. The molecule has 0 aromatic heterocycles. The Kier molecular flexibility index (Phi) is 4.07. The Morgan fingerprint density at radius 2 is 2.33 bits per heavy atom. The molecular weight excluding hydrogens is 288 g/mol. The molecule has 1 aromatic rings. The number of nitrogens with one attached hydrogen (secondary N) is 1. The second kappa shape index (κ2) is 5.99. The summed E-state index contributed by atoms with van der Waals surface area (Å²) in [6.45, 7) is 4.27. The number of rotatable bonds is 3. The Morgan fingerprint density at radius 1 is 1.48 bits per heavy atom. The lowest BCUT2D eigenvalue weighted by Gasteiger charge is -2.20. The molecule has 0 aliphatic carbocycles. The molecule has 21 heavy (non-hydrogen) atoms. The van der Waals surface area contributed by atoms with Gasteiger partial charge in [-0.3, -0.25) is 4.90 Å². The largest absolute Gasteiger partial charge is 0.442 e. The van der Waals surface area contributed by atoms with E-state index in [-0.39, 0.29) is 12.2 Å². The number of amides is 1. The fraction of sp³-hybridized carbons (Fsp3) is 0.467. The van der Waals surface area contributed by atoms with Gasteiger partial charge in [0.25, 0.3) is 0 Å². The van der Waals surface area contributed by atoms with Gasteiger partial charge in [-0.15, -0.1) is 0 Å². The van der Waals surface area contributed by atoms with E-state index in [9.17, 15) is 4.79 Å². The molecule has 5 nitrogen and oxygen atoms in total. The highest BCUT2D eigenvalue weighted by Crippen LogP contribution is 2.26. The normalized spacial score (nSPS) is 20.9. The van der Waals surface area contributed by atoms with Crippen molar-refractivity contribution in [2.24, 2.45) is 0 Å². The monoisotopic (exact) mass is 306 g/mol. The lowest BCUT2D eigenvalue weighted by atomic mass is 10.0. The number of carbonyl (C=O) groups is 1. The molecule has 1 saturated heterocycles. The molecule has 1 atom stereocenters. The summed E-state index contributed by atoms with van der Waals surface area (Å²) in [6.07, 6.45) is 0.448. The van der Waals surface area contributed by atoms with Crippen LogP contribution in [-0.2, 0) is 22.5 Å². The number of fused-ring (bicyclic) bond motifs is 1. The molecule has 0 saturated carbocycles. The van der Waals surface area contributed by atoms with Gasteiger partial charge in [-0.25, -0.2) is 4.79 Å². The van der Waals surface area contributed by atoms with Gasteiger partial charge in [0.2, 0.25) is 0 Å². The van der Waals surface area contributed by atoms with Crippen molar-refractivity contribution in [1.29, 1.82) is 0 Å². The lowest BCUT2D eigenvalue weighted by Crippen LogP contribution is -2.32. The highest BCUT2D eigenvalue weighted by atomic mass is 32.1. The van der Waals surface area contributed by atoms with E-state index in [1.807, 2.05) is 19.1 Å². The van der Waals surface area contributed by atoms with Gasteiger partial charge < -0.3 is 14.8 Å². The molecule has 3 rings (SSSR count). The molecule has 0 bridgehead atoms. The Labute approximate surface area is 129 Å². The number of ether oxygens (including phenoxy) is 2. The molecule has 1 N–H and O–H groups in total. The molecule has 2 aliphatic rings. The molecule has 112 valence electrons. The number of hydrogen-bond acceptors (Lipinski definition) is 4. The van der Waals surface area contributed by atoms with E-state index in [4.69, 9.17) is 21.7 Å². The van der Waals surface area contributed by atoms with Crippen LogP contribution in [0.4, 0.5) is 10.5 Å². The van der Waals surface area contributed by atoms with Gasteiger partial charge in [0.05, 0.1) is 31.3 Å². The van der Waals surface area contributed by atoms with E-state index >= 15 is 0 Å². The Bertz CT molecular complexity index is 576. The van der Waals surface area contributed by atoms with Crippen LogP contribution in [-0.4, -0.2) is 36.9 Å². The Morgan fingerprint density at radius 3 is 3.14 bits per heavy atom. The molecule has 1 amide bonds. The summed E-state index contributed by atoms with van der Waals surface area (Å²) in [6, 6.07) is 6.08. The van der Waals surface area contributed by atoms with Gasteiger partial charge >= 0.3 is 6.09 Å². The highest BCUT2D eigenvalue weighted by molar-refractivity contribution is 7.80.